The Labute approximate surface area is 158 Å². The molecule has 5 aromatic rings. The molecular weight excluding hydrogens is 364 g/mol. The Bertz CT molecular complexity index is 1400. The summed E-state index contributed by atoms with van der Waals surface area (Å²) in [4.78, 5) is 22.1. The van der Waals surface area contributed by atoms with E-state index in [1.165, 1.54) is 4.57 Å². The number of aromatic nitrogens is 4. The number of halogens is 1. The molecule has 0 N–H and O–H groups in total. The quantitative estimate of drug-likeness (QED) is 0.469. The zero-order valence-electron chi connectivity index (χ0n) is 14.3. The second-order valence-corrected chi connectivity index (χ2v) is 6.54. The molecule has 5 rings (SSSR count). The van der Waals surface area contributed by atoms with Gasteiger partial charge in [-0.3, -0.25) is 13.8 Å². The van der Waals surface area contributed by atoms with Crippen molar-refractivity contribution in [3.8, 4) is 11.4 Å². The SMILES string of the molecule is COc1ccc(Cl)cc1-n1ccc2c(cnc3nc4ccccc4n32)c1=O. The van der Waals surface area contributed by atoms with E-state index in [2.05, 4.69) is 9.97 Å². The maximum atomic E-state index is 13.2. The van der Waals surface area contributed by atoms with E-state index >= 15 is 0 Å². The van der Waals surface area contributed by atoms with Crippen LogP contribution in [-0.2, 0) is 0 Å². The van der Waals surface area contributed by atoms with Crippen LogP contribution in [0.4, 0.5) is 0 Å². The number of benzene rings is 2. The van der Waals surface area contributed by atoms with Gasteiger partial charge in [0, 0.05) is 17.4 Å². The van der Waals surface area contributed by atoms with Crippen LogP contribution < -0.4 is 10.3 Å². The van der Waals surface area contributed by atoms with Crippen molar-refractivity contribution in [1.29, 1.82) is 0 Å². The molecule has 0 aliphatic rings. The predicted octanol–water partition coefficient (Wildman–Crippen LogP) is 3.85. The lowest BCUT2D eigenvalue weighted by atomic mass is 10.2. The van der Waals surface area contributed by atoms with Crippen LogP contribution in [0.3, 0.4) is 0 Å². The van der Waals surface area contributed by atoms with Crippen LogP contribution in [0.25, 0.3) is 33.4 Å². The Morgan fingerprint density at radius 2 is 1.93 bits per heavy atom. The van der Waals surface area contributed by atoms with Gasteiger partial charge >= 0.3 is 0 Å². The third kappa shape index (κ3) is 2.30. The van der Waals surface area contributed by atoms with Crippen LogP contribution in [0, 0.1) is 0 Å². The maximum absolute atomic E-state index is 13.2. The van der Waals surface area contributed by atoms with Crippen molar-refractivity contribution in [2.45, 2.75) is 0 Å². The zero-order chi connectivity index (χ0) is 18.5. The lowest BCUT2D eigenvalue weighted by Gasteiger charge is -2.12. The minimum atomic E-state index is -0.208. The van der Waals surface area contributed by atoms with Crippen molar-refractivity contribution >= 4 is 39.3 Å². The van der Waals surface area contributed by atoms with Gasteiger partial charge in [0.2, 0.25) is 5.78 Å². The van der Waals surface area contributed by atoms with Gasteiger partial charge in [-0.15, -0.1) is 0 Å². The molecule has 0 saturated carbocycles. The van der Waals surface area contributed by atoms with Crippen molar-refractivity contribution in [3.63, 3.8) is 0 Å². The minimum Gasteiger partial charge on any atom is -0.495 e. The summed E-state index contributed by atoms with van der Waals surface area (Å²) >= 11 is 6.13. The van der Waals surface area contributed by atoms with Gasteiger partial charge in [0.05, 0.1) is 34.7 Å². The van der Waals surface area contributed by atoms with E-state index in [1.54, 1.807) is 37.7 Å². The van der Waals surface area contributed by atoms with Crippen molar-refractivity contribution < 1.29 is 4.74 Å². The predicted molar refractivity (Wildman–Crippen MR) is 105 cm³/mol. The molecule has 0 saturated heterocycles. The number of imidazole rings is 1. The van der Waals surface area contributed by atoms with Gasteiger partial charge in [-0.2, -0.15) is 0 Å². The molecule has 0 unspecified atom stereocenters. The first-order valence-corrected chi connectivity index (χ1v) is 8.66. The minimum absolute atomic E-state index is 0.208. The molecule has 0 fully saturated rings. The number of rotatable bonds is 2. The van der Waals surface area contributed by atoms with Gasteiger partial charge in [0.1, 0.15) is 5.75 Å². The van der Waals surface area contributed by atoms with Gasteiger partial charge in [-0.1, -0.05) is 23.7 Å². The van der Waals surface area contributed by atoms with Gasteiger partial charge in [-0.25, -0.2) is 9.97 Å². The molecule has 0 radical (unpaired) electrons. The van der Waals surface area contributed by atoms with Crippen molar-refractivity contribution in [3.05, 3.63) is 76.3 Å². The number of hydrogen-bond acceptors (Lipinski definition) is 4. The largest absolute Gasteiger partial charge is 0.495 e. The highest BCUT2D eigenvalue weighted by Crippen LogP contribution is 2.26. The number of pyridine rings is 1. The summed E-state index contributed by atoms with van der Waals surface area (Å²) in [7, 11) is 1.56. The van der Waals surface area contributed by atoms with E-state index in [-0.39, 0.29) is 5.56 Å². The van der Waals surface area contributed by atoms with Gasteiger partial charge < -0.3 is 4.74 Å². The first kappa shape index (κ1) is 15.8. The van der Waals surface area contributed by atoms with E-state index in [0.717, 1.165) is 16.6 Å². The summed E-state index contributed by atoms with van der Waals surface area (Å²) < 4.78 is 8.80. The van der Waals surface area contributed by atoms with Crippen molar-refractivity contribution in [2.24, 2.45) is 0 Å². The molecule has 0 amide bonds. The first-order valence-electron chi connectivity index (χ1n) is 8.29. The molecule has 7 heteroatoms. The molecule has 0 bridgehead atoms. The molecule has 0 aliphatic carbocycles. The molecule has 3 heterocycles. The topological polar surface area (TPSA) is 61.4 Å². The summed E-state index contributed by atoms with van der Waals surface area (Å²) in [5.41, 5.74) is 2.85. The van der Waals surface area contributed by atoms with Crippen LogP contribution in [0.1, 0.15) is 0 Å². The molecule has 2 aromatic carbocycles. The Morgan fingerprint density at radius 1 is 1.07 bits per heavy atom. The Balaban J connectivity index is 1.87. The third-order valence-electron chi connectivity index (χ3n) is 4.60. The lowest BCUT2D eigenvalue weighted by Crippen LogP contribution is -2.19. The molecular formula is C20H13ClN4O2. The van der Waals surface area contributed by atoms with Crippen molar-refractivity contribution in [2.75, 3.05) is 7.11 Å². The van der Waals surface area contributed by atoms with E-state index in [1.807, 2.05) is 34.7 Å². The van der Waals surface area contributed by atoms with Crippen LogP contribution in [0.2, 0.25) is 5.02 Å². The van der Waals surface area contributed by atoms with Crippen molar-refractivity contribution in [1.82, 2.24) is 18.9 Å². The van der Waals surface area contributed by atoms with Crippen LogP contribution in [0.5, 0.6) is 5.75 Å². The molecule has 0 atom stereocenters. The van der Waals surface area contributed by atoms with E-state index in [9.17, 15) is 4.79 Å². The summed E-state index contributed by atoms with van der Waals surface area (Å²) in [5, 5.41) is 1.00. The second kappa shape index (κ2) is 5.82. The lowest BCUT2D eigenvalue weighted by molar-refractivity contribution is 0.412. The smallest absolute Gasteiger partial charge is 0.266 e. The molecule has 132 valence electrons. The average molecular weight is 377 g/mol. The summed E-state index contributed by atoms with van der Waals surface area (Å²) in [6.07, 6.45) is 3.28. The van der Waals surface area contributed by atoms with E-state index in [4.69, 9.17) is 16.3 Å². The van der Waals surface area contributed by atoms with Crippen LogP contribution in [0.15, 0.2) is 65.7 Å². The fraction of sp³-hybridized carbons (Fsp3) is 0.0500. The summed E-state index contributed by atoms with van der Waals surface area (Å²) in [6, 6.07) is 14.8. The highest BCUT2D eigenvalue weighted by Gasteiger charge is 2.14. The number of nitrogens with zero attached hydrogens (tertiary/aromatic N) is 4. The zero-order valence-corrected chi connectivity index (χ0v) is 15.0. The first-order chi connectivity index (χ1) is 13.2. The number of ether oxygens (including phenoxy) is 1. The highest BCUT2D eigenvalue weighted by atomic mass is 35.5. The van der Waals surface area contributed by atoms with Gasteiger partial charge in [0.15, 0.2) is 0 Å². The standard InChI is InChI=1S/C20H13ClN4O2/c1-27-18-7-6-12(21)10-17(18)24-9-8-15-13(19(24)26)11-22-20-23-14-4-2-3-5-16(14)25(15)20/h2-11H,1H3. The van der Waals surface area contributed by atoms with Gasteiger partial charge in [0.25, 0.3) is 5.56 Å². The number of hydrogen-bond donors (Lipinski definition) is 0. The summed E-state index contributed by atoms with van der Waals surface area (Å²) in [5.74, 6) is 1.11. The third-order valence-corrected chi connectivity index (χ3v) is 4.84. The normalized spacial score (nSPS) is 11.5. The Hall–Kier alpha value is -3.38. The molecule has 27 heavy (non-hydrogen) atoms. The monoisotopic (exact) mass is 376 g/mol. The number of para-hydroxylation sites is 2. The second-order valence-electron chi connectivity index (χ2n) is 6.10. The maximum Gasteiger partial charge on any atom is 0.266 e. The number of methoxy groups -OCH3 is 1. The molecule has 3 aromatic heterocycles. The highest BCUT2D eigenvalue weighted by molar-refractivity contribution is 6.30. The fourth-order valence-corrected chi connectivity index (χ4v) is 3.53. The van der Waals surface area contributed by atoms with Crippen LogP contribution >= 0.6 is 11.6 Å². The fourth-order valence-electron chi connectivity index (χ4n) is 3.36. The molecule has 0 spiro atoms. The summed E-state index contributed by atoms with van der Waals surface area (Å²) in [6.45, 7) is 0. The van der Waals surface area contributed by atoms with Crippen LogP contribution in [-0.4, -0.2) is 26.0 Å². The number of fused-ring (bicyclic) bond motifs is 5. The van der Waals surface area contributed by atoms with E-state index < -0.39 is 0 Å². The van der Waals surface area contributed by atoms with Gasteiger partial charge in [-0.05, 0) is 36.4 Å². The Morgan fingerprint density at radius 3 is 2.78 bits per heavy atom. The van der Waals surface area contributed by atoms with E-state index in [0.29, 0.717) is 27.6 Å². The molecule has 6 nitrogen and oxygen atoms in total. The average Bonchev–Trinajstić information content (AvgIpc) is 3.07. The Kier molecular flexibility index (Phi) is 3.42. The molecule has 0 aliphatic heterocycles.